The van der Waals surface area contributed by atoms with Gasteiger partial charge in [0.05, 0.1) is 6.61 Å². The highest BCUT2D eigenvalue weighted by molar-refractivity contribution is 7.60. The maximum Gasteiger partial charge on any atom is 0.296 e. The van der Waals surface area contributed by atoms with Crippen LogP contribution in [0.5, 0.6) is 0 Å². The molecule has 0 aliphatic carbocycles. The van der Waals surface area contributed by atoms with Gasteiger partial charge >= 0.3 is 0 Å². The van der Waals surface area contributed by atoms with Crippen molar-refractivity contribution in [1.29, 1.82) is 0 Å². The van der Waals surface area contributed by atoms with Crippen molar-refractivity contribution in [2.24, 2.45) is 0 Å². The first-order valence-corrected chi connectivity index (χ1v) is 10.5. The summed E-state index contributed by atoms with van der Waals surface area (Å²) in [4.78, 5) is 12.3. The van der Waals surface area contributed by atoms with E-state index in [4.69, 9.17) is 4.52 Å². The fraction of sp³-hybridized carbons (Fsp3) is 0.250. The quantitative estimate of drug-likeness (QED) is 0.448. The highest BCUT2D eigenvalue weighted by atomic mass is 31.2. The van der Waals surface area contributed by atoms with Crippen molar-refractivity contribution in [3.63, 3.8) is 0 Å². The van der Waals surface area contributed by atoms with Gasteiger partial charge in [0.1, 0.15) is 6.04 Å². The van der Waals surface area contributed by atoms with Crippen molar-refractivity contribution < 1.29 is 19.1 Å². The Labute approximate surface area is 158 Å². The Morgan fingerprint density at radius 2 is 1.89 bits per heavy atom. The second-order valence-corrected chi connectivity index (χ2v) is 8.47. The number of hydrogen-bond donors (Lipinski definition) is 2. The van der Waals surface area contributed by atoms with Gasteiger partial charge in [0.15, 0.2) is 0 Å². The molecule has 0 aromatic heterocycles. The molecule has 3 rings (SSSR count). The van der Waals surface area contributed by atoms with Gasteiger partial charge in [-0.1, -0.05) is 54.6 Å². The van der Waals surface area contributed by atoms with E-state index < -0.39 is 19.5 Å². The van der Waals surface area contributed by atoms with Gasteiger partial charge in [-0.2, -0.15) is 0 Å². The normalized spacial score (nSPS) is 19.4. The molecule has 6 nitrogen and oxygen atoms in total. The van der Waals surface area contributed by atoms with Crippen LogP contribution in [-0.2, 0) is 26.8 Å². The minimum Gasteiger partial charge on any atom is -0.315 e. The van der Waals surface area contributed by atoms with Crippen LogP contribution >= 0.6 is 7.52 Å². The monoisotopic (exact) mass is 386 g/mol. The van der Waals surface area contributed by atoms with Crippen LogP contribution in [0.1, 0.15) is 23.6 Å². The molecular formula is C20H23N2O4P. The second-order valence-electron chi connectivity index (χ2n) is 6.27. The van der Waals surface area contributed by atoms with Crippen LogP contribution in [-0.4, -0.2) is 28.4 Å². The van der Waals surface area contributed by atoms with Crippen molar-refractivity contribution in [1.82, 2.24) is 10.2 Å². The maximum atomic E-state index is 13.7. The summed E-state index contributed by atoms with van der Waals surface area (Å²) in [6.07, 6.45) is 2.09. The van der Waals surface area contributed by atoms with Crippen molar-refractivity contribution in [3.05, 3.63) is 77.1 Å². The van der Waals surface area contributed by atoms with E-state index in [2.05, 4.69) is 0 Å². The number of nitrogens with zero attached hydrogens (tertiary/aromatic N) is 1. The van der Waals surface area contributed by atoms with Crippen LogP contribution in [0.4, 0.5) is 0 Å². The molecule has 27 heavy (non-hydrogen) atoms. The third-order valence-electron chi connectivity index (χ3n) is 4.56. The highest BCUT2D eigenvalue weighted by Crippen LogP contribution is 2.56. The number of carbonyl (C=O) groups excluding carboxylic acids is 1. The lowest BCUT2D eigenvalue weighted by Crippen LogP contribution is -2.48. The number of amides is 1. The van der Waals surface area contributed by atoms with Crippen LogP contribution in [0, 0.1) is 0 Å². The number of rotatable bonds is 6. The minimum absolute atomic E-state index is 0.238. The summed E-state index contributed by atoms with van der Waals surface area (Å²) < 4.78 is 21.0. The Hall–Kier alpha value is -2.24. The van der Waals surface area contributed by atoms with Crippen molar-refractivity contribution in [2.45, 2.75) is 25.9 Å². The van der Waals surface area contributed by atoms with Crippen molar-refractivity contribution in [3.8, 4) is 0 Å². The summed E-state index contributed by atoms with van der Waals surface area (Å²) in [5, 5.41) is 9.18. The van der Waals surface area contributed by atoms with Crippen LogP contribution in [0.3, 0.4) is 0 Å². The van der Waals surface area contributed by atoms with E-state index in [1.165, 1.54) is 5.82 Å². The molecule has 2 N–H and O–H groups in total. The number of benzene rings is 2. The van der Waals surface area contributed by atoms with E-state index in [9.17, 15) is 14.6 Å². The van der Waals surface area contributed by atoms with E-state index in [-0.39, 0.29) is 6.61 Å². The second kappa shape index (κ2) is 8.63. The Bertz CT molecular complexity index is 869. The first-order valence-electron chi connectivity index (χ1n) is 8.84. The zero-order chi connectivity index (χ0) is 19.3. The average molecular weight is 386 g/mol. The number of carbonyl (C=O) groups is 1. The van der Waals surface area contributed by atoms with Crippen molar-refractivity contribution >= 4 is 19.5 Å². The molecule has 1 aliphatic heterocycles. The molecule has 0 saturated heterocycles. The largest absolute Gasteiger partial charge is 0.315 e. The summed E-state index contributed by atoms with van der Waals surface area (Å²) in [5.74, 6) is 0.940. The fourth-order valence-corrected chi connectivity index (χ4v) is 5.30. The van der Waals surface area contributed by atoms with Crippen LogP contribution in [0.25, 0.3) is 6.08 Å². The maximum absolute atomic E-state index is 13.7. The molecule has 0 unspecified atom stereocenters. The topological polar surface area (TPSA) is 78.9 Å². The number of nitrogens with one attached hydrogen (secondary N) is 1. The summed E-state index contributed by atoms with van der Waals surface area (Å²) in [6.45, 7) is 2.30. The lowest BCUT2D eigenvalue weighted by atomic mass is 9.95. The van der Waals surface area contributed by atoms with Gasteiger partial charge in [0.25, 0.3) is 13.4 Å². The van der Waals surface area contributed by atoms with Gasteiger partial charge in [-0.25, -0.2) is 10.2 Å². The summed E-state index contributed by atoms with van der Waals surface area (Å²) in [7, 11) is -3.46. The van der Waals surface area contributed by atoms with Gasteiger partial charge in [0, 0.05) is 12.4 Å². The molecule has 1 heterocycles. The molecule has 1 amide bonds. The number of fused-ring (bicyclic) bond motifs is 1. The smallest absolute Gasteiger partial charge is 0.296 e. The van der Waals surface area contributed by atoms with E-state index in [1.807, 2.05) is 54.6 Å². The molecular weight excluding hydrogens is 363 g/mol. The number of hydrogen-bond acceptors (Lipinski definition) is 4. The van der Waals surface area contributed by atoms with Crippen LogP contribution in [0.15, 0.2) is 60.4 Å². The van der Waals surface area contributed by atoms with E-state index in [1.54, 1.807) is 23.2 Å². The molecule has 2 aromatic carbocycles. The third-order valence-corrected chi connectivity index (χ3v) is 6.85. The van der Waals surface area contributed by atoms with Crippen LogP contribution in [0.2, 0.25) is 0 Å². The standard InChI is InChI=1S/C20H23N2O4P/c1-2-26-27(25,13-12-16-8-4-3-5-9-16)22-15-18-11-7-6-10-17(18)14-19(22)20(23)21-24/h3-13,19,24H,2,14-15H2,1H3,(H,21,23)/b13-12+/t19-,27-/m1/s1. The van der Waals surface area contributed by atoms with Gasteiger partial charge < -0.3 is 4.52 Å². The molecule has 142 valence electrons. The van der Waals surface area contributed by atoms with E-state index >= 15 is 0 Å². The molecule has 0 saturated carbocycles. The zero-order valence-corrected chi connectivity index (χ0v) is 16.0. The summed E-state index contributed by atoms with van der Waals surface area (Å²) in [5.41, 5.74) is 4.58. The SMILES string of the molecule is CCO[P@](=O)(/C=C/c1ccccc1)N1Cc2ccccc2C[C@@H]1C(=O)NO. The Morgan fingerprint density at radius 1 is 1.22 bits per heavy atom. The van der Waals surface area contributed by atoms with Gasteiger partial charge in [-0.05, 0) is 36.1 Å². The highest BCUT2D eigenvalue weighted by Gasteiger charge is 2.41. The molecule has 0 spiro atoms. The molecule has 0 bridgehead atoms. The molecule has 2 atom stereocenters. The van der Waals surface area contributed by atoms with Gasteiger partial charge in [-0.3, -0.25) is 14.6 Å². The Balaban J connectivity index is 1.99. The van der Waals surface area contributed by atoms with Gasteiger partial charge in [-0.15, -0.1) is 0 Å². The lowest BCUT2D eigenvalue weighted by Gasteiger charge is -2.38. The lowest BCUT2D eigenvalue weighted by molar-refractivity contribution is -0.133. The van der Waals surface area contributed by atoms with Gasteiger partial charge in [0.2, 0.25) is 0 Å². The van der Waals surface area contributed by atoms with E-state index in [0.717, 1.165) is 16.7 Å². The molecule has 2 aromatic rings. The number of hydroxylamine groups is 1. The fourth-order valence-electron chi connectivity index (χ4n) is 3.24. The molecule has 0 fully saturated rings. The Morgan fingerprint density at radius 3 is 2.56 bits per heavy atom. The predicted molar refractivity (Wildman–Crippen MR) is 104 cm³/mol. The minimum atomic E-state index is -3.46. The van der Waals surface area contributed by atoms with Crippen molar-refractivity contribution in [2.75, 3.05) is 6.61 Å². The first-order chi connectivity index (χ1) is 13.1. The average Bonchev–Trinajstić information content (AvgIpc) is 2.71. The molecule has 1 aliphatic rings. The van der Waals surface area contributed by atoms with E-state index in [0.29, 0.717) is 13.0 Å². The molecule has 0 radical (unpaired) electrons. The Kier molecular flexibility index (Phi) is 6.24. The first kappa shape index (κ1) is 19.5. The predicted octanol–water partition coefficient (Wildman–Crippen LogP) is 3.82. The summed E-state index contributed by atoms with van der Waals surface area (Å²) >= 11 is 0. The zero-order valence-electron chi connectivity index (χ0n) is 15.1. The summed E-state index contributed by atoms with van der Waals surface area (Å²) in [6, 6.07) is 16.4. The molecule has 7 heteroatoms. The third kappa shape index (κ3) is 4.37. The van der Waals surface area contributed by atoms with Crippen LogP contribution < -0.4 is 5.48 Å².